The van der Waals surface area contributed by atoms with Crippen molar-refractivity contribution in [3.63, 3.8) is 0 Å². The van der Waals surface area contributed by atoms with E-state index in [-0.39, 0.29) is 23.2 Å². The minimum Gasteiger partial charge on any atom is -0.394 e. The second kappa shape index (κ2) is 5.98. The number of benzene rings is 1. The summed E-state index contributed by atoms with van der Waals surface area (Å²) in [4.78, 5) is 12.2. The number of sulfone groups is 1. The number of nitrogens with zero attached hydrogens (tertiary/aromatic N) is 2. The molecule has 0 amide bonds. The predicted molar refractivity (Wildman–Crippen MR) is 78.3 cm³/mol. The molecule has 0 aromatic heterocycles. The van der Waals surface area contributed by atoms with Crippen LogP contribution in [0, 0.1) is 10.1 Å². The third-order valence-electron chi connectivity index (χ3n) is 3.71. The number of anilines is 1. The van der Waals surface area contributed by atoms with Crippen LogP contribution in [0.1, 0.15) is 19.3 Å². The van der Waals surface area contributed by atoms with E-state index in [1.54, 1.807) is 11.0 Å². The molecule has 1 aromatic carbocycles. The molecule has 1 aliphatic heterocycles. The van der Waals surface area contributed by atoms with E-state index < -0.39 is 20.4 Å². The fourth-order valence-corrected chi connectivity index (χ4v) is 3.59. The summed E-state index contributed by atoms with van der Waals surface area (Å²) in [6.45, 7) is 0.458. The van der Waals surface area contributed by atoms with Crippen LogP contribution in [0.25, 0.3) is 0 Å². The topological polar surface area (TPSA) is 101 Å². The third-order valence-corrected chi connectivity index (χ3v) is 4.84. The molecule has 1 saturated heterocycles. The van der Waals surface area contributed by atoms with Gasteiger partial charge in [0.25, 0.3) is 0 Å². The fraction of sp³-hybridized carbons (Fsp3) is 0.538. The number of nitro benzene ring substituents is 1. The molecule has 7 nitrogen and oxygen atoms in total. The lowest BCUT2D eigenvalue weighted by atomic mass is 10.0. The van der Waals surface area contributed by atoms with Gasteiger partial charge in [0.1, 0.15) is 10.6 Å². The van der Waals surface area contributed by atoms with E-state index in [4.69, 9.17) is 0 Å². The largest absolute Gasteiger partial charge is 0.394 e. The number of piperidine rings is 1. The fourth-order valence-electron chi connectivity index (χ4n) is 2.73. The maximum atomic E-state index is 11.8. The Morgan fingerprint density at radius 2 is 2.14 bits per heavy atom. The van der Waals surface area contributed by atoms with E-state index in [2.05, 4.69) is 0 Å². The van der Waals surface area contributed by atoms with Crippen molar-refractivity contribution in [2.75, 3.05) is 24.3 Å². The Labute approximate surface area is 123 Å². The molecule has 1 N–H and O–H groups in total. The summed E-state index contributed by atoms with van der Waals surface area (Å²) < 4.78 is 23.5. The summed E-state index contributed by atoms with van der Waals surface area (Å²) >= 11 is 0. The number of aliphatic hydroxyl groups excluding tert-OH is 1. The monoisotopic (exact) mass is 314 g/mol. The Hall–Kier alpha value is -1.67. The summed E-state index contributed by atoms with van der Waals surface area (Å²) in [5.74, 6) is 0. The average molecular weight is 314 g/mol. The van der Waals surface area contributed by atoms with Crippen LogP contribution in [0.3, 0.4) is 0 Å². The van der Waals surface area contributed by atoms with Crippen molar-refractivity contribution in [3.8, 4) is 0 Å². The normalized spacial score (nSPS) is 19.5. The lowest BCUT2D eigenvalue weighted by molar-refractivity contribution is -0.387. The molecule has 0 aliphatic carbocycles. The van der Waals surface area contributed by atoms with Crippen LogP contribution in [-0.2, 0) is 9.84 Å². The maximum Gasteiger partial charge on any atom is 0.311 e. The number of rotatable bonds is 4. The van der Waals surface area contributed by atoms with Crippen LogP contribution >= 0.6 is 0 Å². The molecule has 1 heterocycles. The van der Waals surface area contributed by atoms with Crippen molar-refractivity contribution in [1.29, 1.82) is 0 Å². The minimum absolute atomic E-state index is 0.111. The van der Waals surface area contributed by atoms with Crippen molar-refractivity contribution in [2.45, 2.75) is 30.2 Å². The Balaban J connectivity index is 2.60. The molecule has 1 aliphatic rings. The first kappa shape index (κ1) is 15.7. The van der Waals surface area contributed by atoms with Gasteiger partial charge in [-0.25, -0.2) is 8.42 Å². The molecule has 0 saturated carbocycles. The molecule has 1 unspecified atom stereocenters. The zero-order valence-corrected chi connectivity index (χ0v) is 12.5. The molecular formula is C13H18N2O5S. The second-order valence-electron chi connectivity index (χ2n) is 5.18. The van der Waals surface area contributed by atoms with Gasteiger partial charge in [-0.2, -0.15) is 0 Å². The quantitative estimate of drug-likeness (QED) is 0.665. The summed E-state index contributed by atoms with van der Waals surface area (Å²) in [5.41, 5.74) is -0.137. The van der Waals surface area contributed by atoms with Crippen molar-refractivity contribution in [2.24, 2.45) is 0 Å². The van der Waals surface area contributed by atoms with Gasteiger partial charge in [0, 0.05) is 12.8 Å². The van der Waals surface area contributed by atoms with E-state index in [0.29, 0.717) is 6.54 Å². The SMILES string of the molecule is CS(=O)(=O)c1cccc(N2CCCCC2CO)c1[N+](=O)[O-]. The average Bonchev–Trinajstić information content (AvgIpc) is 2.45. The van der Waals surface area contributed by atoms with Crippen LogP contribution in [-0.4, -0.2) is 43.9 Å². The molecule has 1 aromatic rings. The van der Waals surface area contributed by atoms with Crippen molar-refractivity contribution in [1.82, 2.24) is 0 Å². The Bertz CT molecular complexity index is 644. The van der Waals surface area contributed by atoms with Gasteiger partial charge in [-0.15, -0.1) is 0 Å². The molecule has 0 bridgehead atoms. The maximum absolute atomic E-state index is 11.8. The molecule has 116 valence electrons. The van der Waals surface area contributed by atoms with Gasteiger partial charge < -0.3 is 10.0 Å². The van der Waals surface area contributed by atoms with E-state index in [1.807, 2.05) is 0 Å². The number of nitro groups is 1. The van der Waals surface area contributed by atoms with Crippen LogP contribution in [0.2, 0.25) is 0 Å². The number of para-hydroxylation sites is 1. The van der Waals surface area contributed by atoms with E-state index >= 15 is 0 Å². The molecule has 2 rings (SSSR count). The van der Waals surface area contributed by atoms with Gasteiger partial charge >= 0.3 is 5.69 Å². The lowest BCUT2D eigenvalue weighted by Gasteiger charge is -2.36. The highest BCUT2D eigenvalue weighted by Crippen LogP contribution is 2.37. The Kier molecular flexibility index (Phi) is 4.48. The molecule has 1 atom stereocenters. The van der Waals surface area contributed by atoms with Gasteiger partial charge in [-0.1, -0.05) is 6.07 Å². The van der Waals surface area contributed by atoms with Gasteiger partial charge in [-0.05, 0) is 31.4 Å². The first-order valence-electron chi connectivity index (χ1n) is 6.71. The van der Waals surface area contributed by atoms with Crippen LogP contribution < -0.4 is 4.90 Å². The molecular weight excluding hydrogens is 296 g/mol. The highest BCUT2D eigenvalue weighted by molar-refractivity contribution is 7.90. The van der Waals surface area contributed by atoms with E-state index in [0.717, 1.165) is 25.5 Å². The predicted octanol–water partition coefficient (Wildman–Crippen LogP) is 1.35. The van der Waals surface area contributed by atoms with Crippen LogP contribution in [0.15, 0.2) is 23.1 Å². The smallest absolute Gasteiger partial charge is 0.311 e. The Morgan fingerprint density at radius 1 is 1.43 bits per heavy atom. The molecule has 0 radical (unpaired) electrons. The van der Waals surface area contributed by atoms with Gasteiger partial charge in [0.15, 0.2) is 9.84 Å². The number of aliphatic hydroxyl groups is 1. The highest BCUT2D eigenvalue weighted by atomic mass is 32.2. The summed E-state index contributed by atoms with van der Waals surface area (Å²) in [5, 5.41) is 20.8. The lowest BCUT2D eigenvalue weighted by Crippen LogP contribution is -2.42. The van der Waals surface area contributed by atoms with Gasteiger partial charge in [-0.3, -0.25) is 10.1 Å². The third kappa shape index (κ3) is 3.16. The molecule has 21 heavy (non-hydrogen) atoms. The van der Waals surface area contributed by atoms with E-state index in [9.17, 15) is 23.6 Å². The van der Waals surface area contributed by atoms with Crippen LogP contribution in [0.4, 0.5) is 11.4 Å². The first-order chi connectivity index (χ1) is 9.86. The second-order valence-corrected chi connectivity index (χ2v) is 7.16. The number of hydrogen-bond acceptors (Lipinski definition) is 6. The minimum atomic E-state index is -3.69. The van der Waals surface area contributed by atoms with Crippen LogP contribution in [0.5, 0.6) is 0 Å². The summed E-state index contributed by atoms with van der Waals surface area (Å²) in [6.07, 6.45) is 3.49. The summed E-state index contributed by atoms with van der Waals surface area (Å²) in [7, 11) is -3.69. The van der Waals surface area contributed by atoms with E-state index in [1.165, 1.54) is 12.1 Å². The zero-order chi connectivity index (χ0) is 15.6. The summed E-state index contributed by atoms with van der Waals surface area (Å²) in [6, 6.07) is 4.07. The van der Waals surface area contributed by atoms with Gasteiger partial charge in [0.05, 0.1) is 17.6 Å². The molecule has 0 spiro atoms. The van der Waals surface area contributed by atoms with Crippen molar-refractivity contribution < 1.29 is 18.4 Å². The molecule has 8 heteroatoms. The standard InChI is InChI=1S/C13H18N2O5S/c1-21(19,20)12-7-4-6-11(13(12)15(17)18)14-8-3-2-5-10(14)9-16/h4,6-7,10,16H,2-3,5,8-9H2,1H3. The first-order valence-corrected chi connectivity index (χ1v) is 8.60. The number of hydrogen-bond donors (Lipinski definition) is 1. The zero-order valence-electron chi connectivity index (χ0n) is 11.7. The van der Waals surface area contributed by atoms with Crippen molar-refractivity contribution in [3.05, 3.63) is 28.3 Å². The van der Waals surface area contributed by atoms with Crippen molar-refractivity contribution >= 4 is 21.2 Å². The van der Waals surface area contributed by atoms with Gasteiger partial charge in [0.2, 0.25) is 0 Å². The Morgan fingerprint density at radius 3 is 2.71 bits per heavy atom. The highest BCUT2D eigenvalue weighted by Gasteiger charge is 2.32. The molecule has 1 fully saturated rings.